The van der Waals surface area contributed by atoms with Gasteiger partial charge in [0.25, 0.3) is 5.91 Å². The Bertz CT molecular complexity index is 769. The zero-order chi connectivity index (χ0) is 19.7. The molecule has 0 radical (unpaired) electrons. The second-order valence-electron chi connectivity index (χ2n) is 7.73. The van der Waals surface area contributed by atoms with Crippen LogP contribution in [-0.2, 0) is 9.59 Å². The molecule has 3 saturated carbocycles. The molecule has 3 N–H and O–H groups in total. The van der Waals surface area contributed by atoms with Gasteiger partial charge in [0.15, 0.2) is 6.61 Å². The second-order valence-corrected chi connectivity index (χ2v) is 9.45. The Kier molecular flexibility index (Phi) is 5.71. The van der Waals surface area contributed by atoms with Gasteiger partial charge in [-0.2, -0.15) is 0 Å². The quantitative estimate of drug-likeness (QED) is 0.619. The Morgan fingerprint density at radius 1 is 1.36 bits per heavy atom. The van der Waals surface area contributed by atoms with Gasteiger partial charge in [0.2, 0.25) is 5.91 Å². The summed E-state index contributed by atoms with van der Waals surface area (Å²) in [5.41, 5.74) is -0.307. The first-order valence-electron chi connectivity index (χ1n) is 9.46. The average Bonchev–Trinajstić information content (AvgIpc) is 3.35. The SMILES string of the molecule is O=C(COc1ccc(Cl)c(F)c1)NC12CC(C1)[C@@H](C(=O)NCC1NCCS1)C2. The molecule has 0 spiro atoms. The molecule has 2 bridgehead atoms. The minimum Gasteiger partial charge on any atom is -0.484 e. The van der Waals surface area contributed by atoms with Gasteiger partial charge in [-0.15, -0.1) is 11.8 Å². The van der Waals surface area contributed by atoms with Gasteiger partial charge in [-0.3, -0.25) is 9.59 Å². The molecule has 152 valence electrons. The predicted molar refractivity (Wildman–Crippen MR) is 106 cm³/mol. The first kappa shape index (κ1) is 19.8. The van der Waals surface area contributed by atoms with Crippen molar-refractivity contribution in [3.63, 3.8) is 0 Å². The van der Waals surface area contributed by atoms with E-state index in [4.69, 9.17) is 16.3 Å². The van der Waals surface area contributed by atoms with E-state index in [-0.39, 0.29) is 40.7 Å². The first-order chi connectivity index (χ1) is 13.4. The summed E-state index contributed by atoms with van der Waals surface area (Å²) in [6, 6.07) is 4.06. The number of amides is 2. The topological polar surface area (TPSA) is 79.5 Å². The van der Waals surface area contributed by atoms with Crippen LogP contribution in [0.2, 0.25) is 5.02 Å². The fourth-order valence-electron chi connectivity index (χ4n) is 4.43. The van der Waals surface area contributed by atoms with Crippen molar-refractivity contribution in [3.8, 4) is 5.75 Å². The highest BCUT2D eigenvalue weighted by molar-refractivity contribution is 8.00. The number of halogens is 2. The highest BCUT2D eigenvalue weighted by atomic mass is 35.5. The van der Waals surface area contributed by atoms with Crippen molar-refractivity contribution < 1.29 is 18.7 Å². The van der Waals surface area contributed by atoms with Crippen LogP contribution in [0.5, 0.6) is 5.75 Å². The molecule has 2 atom stereocenters. The van der Waals surface area contributed by atoms with Gasteiger partial charge in [0.1, 0.15) is 11.6 Å². The lowest BCUT2D eigenvalue weighted by Crippen LogP contribution is -2.53. The van der Waals surface area contributed by atoms with Crippen LogP contribution in [0, 0.1) is 17.7 Å². The Morgan fingerprint density at radius 3 is 2.89 bits per heavy atom. The molecule has 6 nitrogen and oxygen atoms in total. The molecule has 1 aromatic rings. The fourth-order valence-corrected chi connectivity index (χ4v) is 5.50. The summed E-state index contributed by atoms with van der Waals surface area (Å²) < 4.78 is 18.8. The van der Waals surface area contributed by atoms with Crippen LogP contribution in [0.1, 0.15) is 19.3 Å². The van der Waals surface area contributed by atoms with Crippen LogP contribution >= 0.6 is 23.4 Å². The number of benzene rings is 1. The van der Waals surface area contributed by atoms with Crippen molar-refractivity contribution in [3.05, 3.63) is 29.0 Å². The van der Waals surface area contributed by atoms with Crippen molar-refractivity contribution in [2.75, 3.05) is 25.4 Å². The summed E-state index contributed by atoms with van der Waals surface area (Å²) >= 11 is 7.46. The fraction of sp³-hybridized carbons (Fsp3) is 0.579. The predicted octanol–water partition coefficient (Wildman–Crippen LogP) is 1.92. The van der Waals surface area contributed by atoms with Crippen LogP contribution in [0.4, 0.5) is 4.39 Å². The molecule has 1 aliphatic heterocycles. The molecule has 28 heavy (non-hydrogen) atoms. The number of thioether (sulfide) groups is 1. The lowest BCUT2D eigenvalue weighted by Gasteiger charge is -2.39. The summed E-state index contributed by atoms with van der Waals surface area (Å²) in [7, 11) is 0. The summed E-state index contributed by atoms with van der Waals surface area (Å²) in [5.74, 6) is 0.849. The molecular formula is C19H23ClFN3O3S. The lowest BCUT2D eigenvalue weighted by molar-refractivity contribution is -0.126. The maximum Gasteiger partial charge on any atom is 0.258 e. The van der Waals surface area contributed by atoms with E-state index in [1.165, 1.54) is 12.1 Å². The Morgan fingerprint density at radius 2 is 2.18 bits per heavy atom. The van der Waals surface area contributed by atoms with Gasteiger partial charge in [0.05, 0.1) is 10.4 Å². The standard InChI is InChI=1S/C19H23ClFN3O3S/c20-14-2-1-12(5-15(14)21)27-10-16(25)24-19-6-11(7-19)13(8-19)18(26)23-9-17-22-3-4-28-17/h1-2,5,11,13,17,22H,3-4,6-10H2,(H,23,26)(H,24,25)/t11?,13-,17?,19?/m0/s1. The minimum atomic E-state index is -0.587. The maximum absolute atomic E-state index is 13.4. The number of hydrogen-bond donors (Lipinski definition) is 3. The van der Waals surface area contributed by atoms with E-state index in [1.54, 1.807) is 0 Å². The van der Waals surface area contributed by atoms with Crippen molar-refractivity contribution in [2.24, 2.45) is 11.8 Å². The maximum atomic E-state index is 13.4. The number of carbonyl (C=O) groups excluding carboxylic acids is 2. The van der Waals surface area contributed by atoms with Crippen molar-refractivity contribution in [2.45, 2.75) is 30.2 Å². The third-order valence-corrected chi connectivity index (χ3v) is 7.22. The second kappa shape index (κ2) is 8.08. The minimum absolute atomic E-state index is 0.00813. The molecular weight excluding hydrogens is 405 g/mol. The smallest absolute Gasteiger partial charge is 0.258 e. The number of rotatable bonds is 7. The largest absolute Gasteiger partial charge is 0.484 e. The monoisotopic (exact) mass is 427 g/mol. The molecule has 4 aliphatic rings. The molecule has 1 unspecified atom stereocenters. The Hall–Kier alpha value is -1.51. The summed E-state index contributed by atoms with van der Waals surface area (Å²) in [6.45, 7) is 1.42. The molecule has 1 saturated heterocycles. The van der Waals surface area contributed by atoms with E-state index < -0.39 is 5.82 Å². The van der Waals surface area contributed by atoms with Crippen molar-refractivity contribution in [1.82, 2.24) is 16.0 Å². The number of nitrogens with one attached hydrogen (secondary N) is 3. The van der Waals surface area contributed by atoms with E-state index in [0.29, 0.717) is 24.3 Å². The molecule has 2 amide bonds. The number of carbonyl (C=O) groups is 2. The number of ether oxygens (including phenoxy) is 1. The highest BCUT2D eigenvalue weighted by Crippen LogP contribution is 2.55. The van der Waals surface area contributed by atoms with E-state index in [9.17, 15) is 14.0 Å². The Balaban J connectivity index is 1.22. The molecule has 9 heteroatoms. The van der Waals surface area contributed by atoms with Crippen LogP contribution < -0.4 is 20.7 Å². The van der Waals surface area contributed by atoms with Crippen LogP contribution in [0.15, 0.2) is 18.2 Å². The number of fused-ring (bicyclic) bond motifs is 1. The normalized spacial score (nSPS) is 30.6. The highest BCUT2D eigenvalue weighted by Gasteiger charge is 2.58. The van der Waals surface area contributed by atoms with Crippen LogP contribution in [-0.4, -0.2) is 48.2 Å². The van der Waals surface area contributed by atoms with E-state index in [2.05, 4.69) is 16.0 Å². The molecule has 4 fully saturated rings. The van der Waals surface area contributed by atoms with Crippen LogP contribution in [0.25, 0.3) is 0 Å². The van der Waals surface area contributed by atoms with Gasteiger partial charge in [0, 0.05) is 36.4 Å². The summed E-state index contributed by atoms with van der Waals surface area (Å²) in [6.07, 6.45) is 2.31. The van der Waals surface area contributed by atoms with Gasteiger partial charge < -0.3 is 20.7 Å². The summed E-state index contributed by atoms with van der Waals surface area (Å²) in [4.78, 5) is 24.8. The van der Waals surface area contributed by atoms with Crippen LogP contribution in [0.3, 0.4) is 0 Å². The summed E-state index contributed by atoms with van der Waals surface area (Å²) in [5, 5.41) is 9.71. The molecule has 3 aliphatic carbocycles. The van der Waals surface area contributed by atoms with E-state index >= 15 is 0 Å². The van der Waals surface area contributed by atoms with Gasteiger partial charge >= 0.3 is 0 Å². The number of hydrogen-bond acceptors (Lipinski definition) is 5. The van der Waals surface area contributed by atoms with Crippen molar-refractivity contribution in [1.29, 1.82) is 0 Å². The zero-order valence-electron chi connectivity index (χ0n) is 15.3. The molecule has 1 aromatic carbocycles. The van der Waals surface area contributed by atoms with Crippen molar-refractivity contribution >= 4 is 35.2 Å². The van der Waals surface area contributed by atoms with E-state index in [1.807, 2.05) is 11.8 Å². The molecule has 1 heterocycles. The van der Waals surface area contributed by atoms with E-state index in [0.717, 1.165) is 31.2 Å². The molecule has 5 rings (SSSR count). The van der Waals surface area contributed by atoms with Gasteiger partial charge in [-0.25, -0.2) is 4.39 Å². The third kappa shape index (κ3) is 4.23. The van der Waals surface area contributed by atoms with Gasteiger partial charge in [-0.1, -0.05) is 11.6 Å². The lowest BCUT2D eigenvalue weighted by atomic mass is 9.76. The van der Waals surface area contributed by atoms with Gasteiger partial charge in [-0.05, 0) is 37.3 Å². The zero-order valence-corrected chi connectivity index (χ0v) is 16.9. The first-order valence-corrected chi connectivity index (χ1v) is 10.9. The average molecular weight is 428 g/mol. The Labute approximate surface area is 172 Å². The third-order valence-electron chi connectivity index (χ3n) is 5.74. The molecule has 0 aromatic heterocycles.